The molecule has 1 aromatic carbocycles. The van der Waals surface area contributed by atoms with Crippen LogP contribution in [0.25, 0.3) is 0 Å². The van der Waals surface area contributed by atoms with E-state index < -0.39 is 6.04 Å². The van der Waals surface area contributed by atoms with Crippen molar-refractivity contribution in [3.63, 3.8) is 0 Å². The molecule has 0 saturated carbocycles. The maximum absolute atomic E-state index is 11.9. The van der Waals surface area contributed by atoms with Gasteiger partial charge in [-0.25, -0.2) is 9.78 Å². The minimum atomic E-state index is -0.590. The molecule has 1 saturated heterocycles. The third-order valence-electron chi connectivity index (χ3n) is 3.13. The smallest absolute Gasteiger partial charge is 0.315 e. The fraction of sp³-hybridized carbons (Fsp3) is 0.133. The number of hydrogen-bond donors (Lipinski definition) is 3. The molecule has 3 rings (SSSR count). The Balaban J connectivity index is 1.59. The van der Waals surface area contributed by atoms with Gasteiger partial charge in [0.05, 0.1) is 11.9 Å². The van der Waals surface area contributed by atoms with E-state index in [1.54, 1.807) is 36.4 Å². The van der Waals surface area contributed by atoms with E-state index in [0.717, 1.165) is 0 Å². The van der Waals surface area contributed by atoms with E-state index in [4.69, 9.17) is 16.3 Å². The lowest BCUT2D eigenvalue weighted by molar-refractivity contribution is -0.117. The predicted octanol–water partition coefficient (Wildman–Crippen LogP) is 2.15. The lowest BCUT2D eigenvalue weighted by Gasteiger charge is -2.10. The molecule has 1 aliphatic heterocycles. The lowest BCUT2D eigenvalue weighted by Crippen LogP contribution is -2.38. The topological polar surface area (TPSA) is 92.4 Å². The van der Waals surface area contributed by atoms with Crippen LogP contribution in [0.4, 0.5) is 10.5 Å². The number of hydrogen-bond acceptors (Lipinski definition) is 4. The van der Waals surface area contributed by atoms with Gasteiger partial charge in [-0.2, -0.15) is 0 Å². The molecule has 1 aromatic heterocycles. The molecule has 2 heterocycles. The van der Waals surface area contributed by atoms with Crippen molar-refractivity contribution in [3.05, 3.63) is 47.6 Å². The van der Waals surface area contributed by atoms with Gasteiger partial charge in [-0.05, 0) is 30.3 Å². The van der Waals surface area contributed by atoms with Crippen molar-refractivity contribution in [2.45, 2.75) is 6.04 Å². The SMILES string of the molecule is O=C1NC[C@H](C(=O)Nc2ccc(Oc3ccc(Cl)cc3)nc2)N1. The monoisotopic (exact) mass is 332 g/mol. The number of pyridine rings is 1. The van der Waals surface area contributed by atoms with Crippen molar-refractivity contribution >= 4 is 29.2 Å². The van der Waals surface area contributed by atoms with Crippen molar-refractivity contribution < 1.29 is 14.3 Å². The van der Waals surface area contributed by atoms with Crippen LogP contribution in [-0.2, 0) is 4.79 Å². The number of halogens is 1. The Bertz CT molecular complexity index is 719. The summed E-state index contributed by atoms with van der Waals surface area (Å²) >= 11 is 5.80. The van der Waals surface area contributed by atoms with Gasteiger partial charge in [-0.1, -0.05) is 11.6 Å². The third-order valence-corrected chi connectivity index (χ3v) is 3.38. The Morgan fingerprint density at radius 2 is 2.04 bits per heavy atom. The van der Waals surface area contributed by atoms with E-state index in [2.05, 4.69) is 20.9 Å². The summed E-state index contributed by atoms with van der Waals surface area (Å²) in [4.78, 5) is 27.1. The predicted molar refractivity (Wildman–Crippen MR) is 84.7 cm³/mol. The maximum atomic E-state index is 11.9. The summed E-state index contributed by atoms with van der Waals surface area (Å²) in [6.07, 6.45) is 1.48. The number of ether oxygens (including phenoxy) is 1. The summed E-state index contributed by atoms with van der Waals surface area (Å²) in [5, 5.41) is 8.32. The van der Waals surface area contributed by atoms with Crippen LogP contribution in [0.5, 0.6) is 11.6 Å². The van der Waals surface area contributed by atoms with Crippen molar-refractivity contribution in [1.29, 1.82) is 0 Å². The number of aromatic nitrogens is 1. The van der Waals surface area contributed by atoms with Crippen LogP contribution < -0.4 is 20.7 Å². The average Bonchev–Trinajstić information content (AvgIpc) is 2.98. The van der Waals surface area contributed by atoms with Crippen LogP contribution in [0.1, 0.15) is 0 Å². The molecule has 8 heteroatoms. The Labute approximate surface area is 137 Å². The highest BCUT2D eigenvalue weighted by molar-refractivity contribution is 6.30. The van der Waals surface area contributed by atoms with E-state index >= 15 is 0 Å². The number of nitrogens with zero attached hydrogens (tertiary/aromatic N) is 1. The molecule has 0 unspecified atom stereocenters. The number of urea groups is 1. The molecule has 1 atom stereocenters. The summed E-state index contributed by atoms with van der Waals surface area (Å²) in [7, 11) is 0. The Kier molecular flexibility index (Phi) is 4.29. The number of anilines is 1. The molecule has 2 aromatic rings. The highest BCUT2D eigenvalue weighted by Gasteiger charge is 2.26. The Morgan fingerprint density at radius 3 is 2.65 bits per heavy atom. The molecule has 0 aliphatic carbocycles. The number of carbonyl (C=O) groups is 2. The standard InChI is InChI=1S/C15H13ClN4O3/c16-9-1-4-11(5-2-9)23-13-6-3-10(7-17-13)19-14(21)12-8-18-15(22)20-12/h1-7,12H,8H2,(H,19,21)(H2,18,20,22)/t12-/m1/s1. The maximum Gasteiger partial charge on any atom is 0.315 e. The summed E-state index contributed by atoms with van der Waals surface area (Å²) in [5.74, 6) is 0.691. The van der Waals surface area contributed by atoms with Gasteiger partial charge in [0, 0.05) is 17.6 Å². The number of nitrogens with one attached hydrogen (secondary N) is 3. The first-order chi connectivity index (χ1) is 11.1. The molecule has 0 spiro atoms. The van der Waals surface area contributed by atoms with Crippen molar-refractivity contribution in [2.75, 3.05) is 11.9 Å². The number of amides is 3. The fourth-order valence-corrected chi connectivity index (χ4v) is 2.11. The number of carbonyl (C=O) groups excluding carboxylic acids is 2. The number of benzene rings is 1. The quantitative estimate of drug-likeness (QED) is 0.800. The summed E-state index contributed by atoms with van der Waals surface area (Å²) in [6, 6.07) is 9.26. The lowest BCUT2D eigenvalue weighted by atomic mass is 10.3. The first-order valence-corrected chi connectivity index (χ1v) is 7.23. The number of rotatable bonds is 4. The fourth-order valence-electron chi connectivity index (χ4n) is 1.98. The van der Waals surface area contributed by atoms with Crippen LogP contribution >= 0.6 is 11.6 Å². The average molecular weight is 333 g/mol. The van der Waals surface area contributed by atoms with Crippen molar-refractivity contribution in [1.82, 2.24) is 15.6 Å². The molecule has 1 aliphatic rings. The highest BCUT2D eigenvalue weighted by Crippen LogP contribution is 2.22. The van der Waals surface area contributed by atoms with Crippen LogP contribution in [0.15, 0.2) is 42.6 Å². The first kappa shape index (κ1) is 15.1. The summed E-state index contributed by atoms with van der Waals surface area (Å²) in [6.45, 7) is 0.260. The summed E-state index contributed by atoms with van der Waals surface area (Å²) < 4.78 is 5.56. The van der Waals surface area contributed by atoms with Gasteiger partial charge in [0.1, 0.15) is 11.8 Å². The molecule has 0 bridgehead atoms. The molecule has 118 valence electrons. The zero-order chi connectivity index (χ0) is 16.2. The zero-order valence-corrected chi connectivity index (χ0v) is 12.6. The molecular formula is C15H13ClN4O3. The highest BCUT2D eigenvalue weighted by atomic mass is 35.5. The normalized spacial score (nSPS) is 16.4. The van der Waals surface area contributed by atoms with E-state index in [9.17, 15) is 9.59 Å². The van der Waals surface area contributed by atoms with Gasteiger partial charge >= 0.3 is 6.03 Å². The first-order valence-electron chi connectivity index (χ1n) is 6.85. The van der Waals surface area contributed by atoms with Gasteiger partial charge in [-0.3, -0.25) is 4.79 Å². The second-order valence-corrected chi connectivity index (χ2v) is 5.27. The third kappa shape index (κ3) is 3.89. The minimum absolute atomic E-state index is 0.260. The molecular weight excluding hydrogens is 320 g/mol. The zero-order valence-electron chi connectivity index (χ0n) is 11.9. The molecule has 3 N–H and O–H groups in total. The molecule has 3 amide bonds. The van der Waals surface area contributed by atoms with Crippen LogP contribution in [0, 0.1) is 0 Å². The van der Waals surface area contributed by atoms with Crippen LogP contribution in [0.2, 0.25) is 5.02 Å². The van der Waals surface area contributed by atoms with Crippen molar-refractivity contribution in [3.8, 4) is 11.6 Å². The van der Waals surface area contributed by atoms with E-state index in [-0.39, 0.29) is 18.5 Å². The minimum Gasteiger partial charge on any atom is -0.439 e. The second-order valence-electron chi connectivity index (χ2n) is 4.84. The molecule has 0 radical (unpaired) electrons. The van der Waals surface area contributed by atoms with Gasteiger partial charge < -0.3 is 20.7 Å². The van der Waals surface area contributed by atoms with Crippen LogP contribution in [0.3, 0.4) is 0 Å². The van der Waals surface area contributed by atoms with Crippen LogP contribution in [-0.4, -0.2) is 29.5 Å². The largest absolute Gasteiger partial charge is 0.439 e. The van der Waals surface area contributed by atoms with Crippen molar-refractivity contribution in [2.24, 2.45) is 0 Å². The van der Waals surface area contributed by atoms with Gasteiger partial charge in [0.2, 0.25) is 11.8 Å². The molecule has 7 nitrogen and oxygen atoms in total. The Hall–Kier alpha value is -2.80. The summed E-state index contributed by atoms with van der Waals surface area (Å²) in [5.41, 5.74) is 0.514. The molecule has 23 heavy (non-hydrogen) atoms. The van der Waals surface area contributed by atoms with E-state index in [1.165, 1.54) is 6.20 Å². The second kappa shape index (κ2) is 6.53. The van der Waals surface area contributed by atoms with Gasteiger partial charge in [0.15, 0.2) is 0 Å². The van der Waals surface area contributed by atoms with E-state index in [1.807, 2.05) is 0 Å². The van der Waals surface area contributed by atoms with Gasteiger partial charge in [0.25, 0.3) is 0 Å². The van der Waals surface area contributed by atoms with Gasteiger partial charge in [-0.15, -0.1) is 0 Å². The van der Waals surface area contributed by atoms with E-state index in [0.29, 0.717) is 22.3 Å². The molecule has 1 fully saturated rings. The Morgan fingerprint density at radius 1 is 1.26 bits per heavy atom.